The van der Waals surface area contributed by atoms with Crippen LogP contribution in [0.3, 0.4) is 0 Å². The maximum Gasteiger partial charge on any atom is 0.0345 e. The molecule has 2 atom stereocenters. The van der Waals surface area contributed by atoms with Crippen molar-refractivity contribution in [2.45, 2.75) is 18.8 Å². The van der Waals surface area contributed by atoms with Crippen LogP contribution < -0.4 is 0 Å². The Morgan fingerprint density at radius 2 is 2.27 bits per heavy atom. The van der Waals surface area contributed by atoms with E-state index in [0.717, 1.165) is 5.88 Å². The van der Waals surface area contributed by atoms with Crippen LogP contribution in [0.4, 0.5) is 0 Å². The smallest absolute Gasteiger partial charge is 0.0345 e. The fraction of sp³-hybridized carbons (Fsp3) is 0.385. The van der Waals surface area contributed by atoms with E-state index in [0.29, 0.717) is 11.3 Å². The summed E-state index contributed by atoms with van der Waals surface area (Å²) in [6.45, 7) is 2.34. The van der Waals surface area contributed by atoms with E-state index in [9.17, 15) is 0 Å². The van der Waals surface area contributed by atoms with Gasteiger partial charge in [-0.15, -0.1) is 22.9 Å². The van der Waals surface area contributed by atoms with Gasteiger partial charge in [0.1, 0.15) is 0 Å². The van der Waals surface area contributed by atoms with Crippen LogP contribution in [-0.2, 0) is 5.41 Å². The molecule has 15 heavy (non-hydrogen) atoms. The Bertz CT molecular complexity index is 469. The average molecular weight is 237 g/mol. The third-order valence-corrected chi connectivity index (χ3v) is 5.35. The molecule has 1 aromatic heterocycles. The van der Waals surface area contributed by atoms with Gasteiger partial charge in [0.05, 0.1) is 0 Å². The van der Waals surface area contributed by atoms with E-state index in [1.54, 1.807) is 0 Å². The fourth-order valence-corrected chi connectivity index (χ4v) is 3.99. The number of hydrogen-bond donors (Lipinski definition) is 0. The minimum atomic E-state index is 0.367. The molecular formula is C13H13ClS. The second kappa shape index (κ2) is 3.23. The van der Waals surface area contributed by atoms with Crippen molar-refractivity contribution in [2.75, 3.05) is 5.88 Å². The minimum Gasteiger partial charge on any atom is -0.140 e. The van der Waals surface area contributed by atoms with Crippen molar-refractivity contribution >= 4 is 33.0 Å². The van der Waals surface area contributed by atoms with Crippen LogP contribution in [0.5, 0.6) is 0 Å². The Morgan fingerprint density at radius 1 is 1.47 bits per heavy atom. The summed E-state index contributed by atoms with van der Waals surface area (Å²) in [4.78, 5) is 1.51. The Balaban J connectivity index is 2.06. The van der Waals surface area contributed by atoms with Crippen molar-refractivity contribution < 1.29 is 0 Å². The molecule has 1 heterocycles. The van der Waals surface area contributed by atoms with Gasteiger partial charge >= 0.3 is 0 Å². The van der Waals surface area contributed by atoms with E-state index in [4.69, 9.17) is 11.6 Å². The van der Waals surface area contributed by atoms with Gasteiger partial charge in [0.2, 0.25) is 0 Å². The molecule has 3 rings (SSSR count). The molecule has 1 saturated carbocycles. The highest BCUT2D eigenvalue weighted by atomic mass is 35.5. The number of fused-ring (bicyclic) bond motifs is 1. The maximum absolute atomic E-state index is 5.94. The molecule has 0 amide bonds. The monoisotopic (exact) mass is 236 g/mol. The second-order valence-electron chi connectivity index (χ2n) is 4.62. The lowest BCUT2D eigenvalue weighted by Gasteiger charge is -2.05. The van der Waals surface area contributed by atoms with E-state index in [1.807, 2.05) is 11.3 Å². The third-order valence-electron chi connectivity index (χ3n) is 3.59. The van der Waals surface area contributed by atoms with Gasteiger partial charge in [-0.05, 0) is 29.9 Å². The first-order chi connectivity index (χ1) is 7.24. The topological polar surface area (TPSA) is 0 Å². The lowest BCUT2D eigenvalue weighted by atomic mass is 10.0. The molecule has 0 saturated heterocycles. The molecule has 78 valence electrons. The first-order valence-corrected chi connectivity index (χ1v) is 6.64. The molecule has 0 radical (unpaired) electrons. The van der Waals surface area contributed by atoms with Gasteiger partial charge in [-0.25, -0.2) is 0 Å². The largest absolute Gasteiger partial charge is 0.140 e. The lowest BCUT2D eigenvalue weighted by Crippen LogP contribution is -2.01. The molecule has 0 bridgehead atoms. The van der Waals surface area contributed by atoms with E-state index < -0.39 is 0 Å². The Kier molecular flexibility index (Phi) is 2.08. The van der Waals surface area contributed by atoms with Crippen LogP contribution in [0.2, 0.25) is 0 Å². The molecule has 1 aromatic carbocycles. The van der Waals surface area contributed by atoms with Crippen molar-refractivity contribution in [3.05, 3.63) is 35.2 Å². The summed E-state index contributed by atoms with van der Waals surface area (Å²) in [5.41, 5.74) is 0.367. The molecule has 0 spiro atoms. The highest BCUT2D eigenvalue weighted by molar-refractivity contribution is 7.19. The molecule has 0 nitrogen and oxygen atoms in total. The lowest BCUT2D eigenvalue weighted by molar-refractivity contribution is 0.721. The van der Waals surface area contributed by atoms with Gasteiger partial charge < -0.3 is 0 Å². The van der Waals surface area contributed by atoms with Gasteiger partial charge in [0, 0.05) is 20.9 Å². The summed E-state index contributed by atoms with van der Waals surface area (Å²) in [7, 11) is 0. The van der Waals surface area contributed by atoms with Crippen molar-refractivity contribution in [3.8, 4) is 0 Å². The van der Waals surface area contributed by atoms with Crippen LogP contribution in [0.25, 0.3) is 10.1 Å². The Labute approximate surface area is 98.9 Å². The molecule has 0 aliphatic heterocycles. The second-order valence-corrected chi connectivity index (χ2v) is 6.01. The van der Waals surface area contributed by atoms with Crippen LogP contribution in [-0.4, -0.2) is 5.88 Å². The van der Waals surface area contributed by atoms with Crippen molar-refractivity contribution in [1.29, 1.82) is 0 Å². The zero-order chi connectivity index (χ0) is 10.5. The zero-order valence-electron chi connectivity index (χ0n) is 8.66. The average Bonchev–Trinajstić information content (AvgIpc) is 2.76. The summed E-state index contributed by atoms with van der Waals surface area (Å²) < 4.78 is 1.40. The van der Waals surface area contributed by atoms with Crippen LogP contribution in [0.15, 0.2) is 30.3 Å². The SMILES string of the molecule is CC1(c2cc3ccccc3s2)CC1CCl. The Hall–Kier alpha value is -0.530. The molecule has 2 unspecified atom stereocenters. The number of halogens is 1. The number of hydrogen-bond acceptors (Lipinski definition) is 1. The van der Waals surface area contributed by atoms with Crippen molar-refractivity contribution in [3.63, 3.8) is 0 Å². The quantitative estimate of drug-likeness (QED) is 0.678. The number of benzene rings is 1. The molecule has 0 N–H and O–H groups in total. The molecule has 1 aliphatic rings. The van der Waals surface area contributed by atoms with E-state index >= 15 is 0 Å². The number of alkyl halides is 1. The van der Waals surface area contributed by atoms with Crippen LogP contribution >= 0.6 is 22.9 Å². The van der Waals surface area contributed by atoms with Gasteiger partial charge in [0.15, 0.2) is 0 Å². The van der Waals surface area contributed by atoms with Crippen molar-refractivity contribution in [2.24, 2.45) is 5.92 Å². The molecule has 1 fully saturated rings. The third kappa shape index (κ3) is 1.41. The summed E-state index contributed by atoms with van der Waals surface area (Å²) in [5, 5.41) is 1.37. The van der Waals surface area contributed by atoms with Crippen molar-refractivity contribution in [1.82, 2.24) is 0 Å². The highest BCUT2D eigenvalue weighted by Gasteiger charge is 2.51. The summed E-state index contributed by atoms with van der Waals surface area (Å²) in [6, 6.07) is 10.9. The zero-order valence-corrected chi connectivity index (χ0v) is 10.2. The first-order valence-electron chi connectivity index (χ1n) is 5.29. The van der Waals surface area contributed by atoms with Gasteiger partial charge in [-0.1, -0.05) is 25.1 Å². The van der Waals surface area contributed by atoms with E-state index in [2.05, 4.69) is 37.3 Å². The van der Waals surface area contributed by atoms with E-state index in [-0.39, 0.29) is 0 Å². The minimum absolute atomic E-state index is 0.367. The molecule has 2 heteroatoms. The van der Waals surface area contributed by atoms with Gasteiger partial charge in [-0.2, -0.15) is 0 Å². The maximum atomic E-state index is 5.94. The van der Waals surface area contributed by atoms with Gasteiger partial charge in [-0.3, -0.25) is 0 Å². The van der Waals surface area contributed by atoms with Crippen LogP contribution in [0, 0.1) is 5.92 Å². The predicted molar refractivity (Wildman–Crippen MR) is 68.0 cm³/mol. The molecule has 2 aromatic rings. The van der Waals surface area contributed by atoms with Crippen LogP contribution in [0.1, 0.15) is 18.2 Å². The first kappa shape index (κ1) is 9.68. The number of rotatable bonds is 2. The summed E-state index contributed by atoms with van der Waals surface area (Å²) in [6.07, 6.45) is 1.25. The Morgan fingerprint density at radius 3 is 2.93 bits per heavy atom. The fourth-order valence-electron chi connectivity index (χ4n) is 2.24. The summed E-state index contributed by atoms with van der Waals surface area (Å²) in [5.74, 6) is 1.48. The molecule has 1 aliphatic carbocycles. The highest BCUT2D eigenvalue weighted by Crippen LogP contribution is 2.56. The molecular weight excluding hydrogens is 224 g/mol. The van der Waals surface area contributed by atoms with E-state index in [1.165, 1.54) is 21.4 Å². The van der Waals surface area contributed by atoms with Gasteiger partial charge in [0.25, 0.3) is 0 Å². The normalized spacial score (nSPS) is 29.6. The standard InChI is InChI=1S/C13H13ClS/c1-13(7-10(13)8-14)12-6-9-4-2-3-5-11(9)15-12/h2-6,10H,7-8H2,1H3. The summed E-state index contributed by atoms with van der Waals surface area (Å²) >= 11 is 7.86. The predicted octanol–water partition coefficient (Wildman–Crippen LogP) is 4.42. The number of thiophene rings is 1.